The predicted molar refractivity (Wildman–Crippen MR) is 230 cm³/mol. The number of alkyl carbamates (subject to hydrolysis) is 1. The second-order valence-electron chi connectivity index (χ2n) is 16.2. The van der Waals surface area contributed by atoms with Crippen LogP contribution in [0.4, 0.5) is 4.79 Å². The van der Waals surface area contributed by atoms with E-state index in [2.05, 4.69) is 19.2 Å². The fourth-order valence-electron chi connectivity index (χ4n) is 7.17. The van der Waals surface area contributed by atoms with E-state index in [1.165, 1.54) is 30.5 Å². The Balaban J connectivity index is 1.34. The van der Waals surface area contributed by atoms with Crippen LogP contribution >= 0.6 is 7.60 Å². The van der Waals surface area contributed by atoms with Crippen molar-refractivity contribution in [1.29, 1.82) is 0 Å². The minimum absolute atomic E-state index is 0.0238. The molecule has 0 radical (unpaired) electrons. The van der Waals surface area contributed by atoms with Gasteiger partial charge >= 0.3 is 19.7 Å². The normalized spacial score (nSPS) is 20.0. The third-order valence-electron chi connectivity index (χ3n) is 10.2. The van der Waals surface area contributed by atoms with Crippen LogP contribution in [0.1, 0.15) is 59.1 Å². The van der Waals surface area contributed by atoms with E-state index in [0.29, 0.717) is 36.5 Å². The van der Waals surface area contributed by atoms with Gasteiger partial charge in [-0.2, -0.15) is 4.31 Å². The number of hydrogen-bond acceptors (Lipinski definition) is 14. The minimum atomic E-state index is -4.15. The standard InChI is InChI=1S/C44H61N2O14PS/c1-8-54-42(48)31(6)59-61(50,60-40-12-10-9-11-33(40)23-29(2)3)28-57-35-15-13-32(14-16-35)24-38(45-44(49)58-41-27-56-43-37(41)21-22-55-43)39(47)26-46(25-30(4)5)62(51,52)36-19-17-34(53-7)18-20-36/h9-20,29-31,37-39,41,43,47H,8,21-28H2,1-7H3,(H,45,49)/t31-,37-,38-,39+,41-,43+,61?/m0/s1. The topological polar surface area (TPSA) is 195 Å². The maximum Gasteiger partial charge on any atom is 0.417 e. The van der Waals surface area contributed by atoms with Crippen molar-refractivity contribution in [3.8, 4) is 17.2 Å². The van der Waals surface area contributed by atoms with Gasteiger partial charge in [-0.1, -0.05) is 58.0 Å². The molecule has 5 rings (SSSR count). The number of hydrogen-bond donors (Lipinski definition) is 2. The number of ether oxygens (including phenoxy) is 6. The number of sulfonamides is 1. The molecule has 2 saturated heterocycles. The summed E-state index contributed by atoms with van der Waals surface area (Å²) in [6.45, 7) is 11.4. The number of nitrogens with zero attached hydrogens (tertiary/aromatic N) is 1. The molecule has 1 unspecified atom stereocenters. The van der Waals surface area contributed by atoms with Gasteiger partial charge < -0.3 is 43.4 Å². The fraction of sp³-hybridized carbons (Fsp3) is 0.545. The van der Waals surface area contributed by atoms with Crippen molar-refractivity contribution in [2.75, 3.05) is 46.4 Å². The predicted octanol–water partition coefficient (Wildman–Crippen LogP) is 6.58. The van der Waals surface area contributed by atoms with Crippen molar-refractivity contribution in [3.05, 3.63) is 83.9 Å². The fourth-order valence-corrected chi connectivity index (χ4v) is 10.3. The summed E-state index contributed by atoms with van der Waals surface area (Å²) < 4.78 is 88.4. The van der Waals surface area contributed by atoms with Gasteiger partial charge in [-0.05, 0) is 98.5 Å². The average Bonchev–Trinajstić information content (AvgIpc) is 3.86. The Kier molecular flexibility index (Phi) is 17.6. The van der Waals surface area contributed by atoms with Crippen molar-refractivity contribution in [1.82, 2.24) is 9.62 Å². The number of fused-ring (bicyclic) bond motifs is 1. The van der Waals surface area contributed by atoms with Gasteiger partial charge in [-0.15, -0.1) is 0 Å². The van der Waals surface area contributed by atoms with Crippen LogP contribution in [0, 0.1) is 17.8 Å². The van der Waals surface area contributed by atoms with Crippen molar-refractivity contribution >= 4 is 29.7 Å². The van der Waals surface area contributed by atoms with Gasteiger partial charge in [-0.25, -0.2) is 22.6 Å². The summed E-state index contributed by atoms with van der Waals surface area (Å²) in [6.07, 6.45) is -3.60. The largest absolute Gasteiger partial charge is 0.497 e. The Morgan fingerprint density at radius 2 is 1.61 bits per heavy atom. The van der Waals surface area contributed by atoms with E-state index < -0.39 is 66.7 Å². The zero-order valence-corrected chi connectivity index (χ0v) is 38.2. The number of carbonyl (C=O) groups is 2. The van der Waals surface area contributed by atoms with Gasteiger partial charge in [-0.3, -0.25) is 4.52 Å². The number of rotatable bonds is 23. The lowest BCUT2D eigenvalue weighted by molar-refractivity contribution is -0.150. The van der Waals surface area contributed by atoms with Crippen LogP contribution in [0.25, 0.3) is 0 Å². The Bertz CT molecular complexity index is 2070. The molecule has 2 aliphatic heterocycles. The lowest BCUT2D eigenvalue weighted by Crippen LogP contribution is -2.51. The van der Waals surface area contributed by atoms with Crippen LogP contribution in [-0.4, -0.2) is 107 Å². The molecule has 0 aliphatic carbocycles. The molecular weight excluding hydrogens is 844 g/mol. The number of benzene rings is 3. The number of nitrogens with one attached hydrogen (secondary N) is 1. The molecule has 2 aliphatic rings. The number of methoxy groups -OCH3 is 1. The molecule has 0 aromatic heterocycles. The molecule has 62 heavy (non-hydrogen) atoms. The van der Waals surface area contributed by atoms with Crippen LogP contribution in [0.3, 0.4) is 0 Å². The van der Waals surface area contributed by atoms with Gasteiger partial charge in [0.2, 0.25) is 16.4 Å². The van der Waals surface area contributed by atoms with Gasteiger partial charge in [0.15, 0.2) is 12.4 Å². The molecule has 2 fully saturated rings. The molecule has 2 N–H and O–H groups in total. The van der Waals surface area contributed by atoms with Crippen molar-refractivity contribution in [2.24, 2.45) is 17.8 Å². The SMILES string of the molecule is CCOC(=O)[C@H](C)OP(=O)(COc1ccc(C[C@H](NC(=O)O[C@H]2CO[C@H]3OCC[C@H]32)[C@H](O)CN(CC(C)C)S(=O)(=O)c2ccc(OC)cc2)cc1)Oc1ccccc1CC(C)C. The highest BCUT2D eigenvalue weighted by Crippen LogP contribution is 2.50. The Labute approximate surface area is 365 Å². The molecule has 18 heteroatoms. The molecule has 3 aromatic carbocycles. The number of para-hydroxylation sites is 1. The molecule has 1 amide bonds. The molecular formula is C44H61N2O14PS. The third-order valence-corrected chi connectivity index (χ3v) is 13.6. The highest BCUT2D eigenvalue weighted by Gasteiger charge is 2.44. The van der Waals surface area contributed by atoms with Crippen molar-refractivity contribution < 1.29 is 65.1 Å². The molecule has 0 spiro atoms. The van der Waals surface area contributed by atoms with Crippen molar-refractivity contribution in [2.45, 2.75) is 96.3 Å². The highest BCUT2D eigenvalue weighted by atomic mass is 32.2. The van der Waals surface area contributed by atoms with Gasteiger partial charge in [0.25, 0.3) is 0 Å². The summed E-state index contributed by atoms with van der Waals surface area (Å²) in [5.74, 6) is 0.467. The third kappa shape index (κ3) is 13.6. The summed E-state index contributed by atoms with van der Waals surface area (Å²) in [5.41, 5.74) is 1.45. The molecule has 342 valence electrons. The molecule has 0 saturated carbocycles. The van der Waals surface area contributed by atoms with Crippen LogP contribution < -0.4 is 19.3 Å². The van der Waals surface area contributed by atoms with E-state index in [-0.39, 0.29) is 61.1 Å². The summed E-state index contributed by atoms with van der Waals surface area (Å²) >= 11 is 0. The summed E-state index contributed by atoms with van der Waals surface area (Å²) in [6, 6.07) is 18.7. The average molecular weight is 905 g/mol. The van der Waals surface area contributed by atoms with Crippen LogP contribution in [0.15, 0.2) is 77.7 Å². The summed E-state index contributed by atoms with van der Waals surface area (Å²) in [5, 5.41) is 14.6. The first-order chi connectivity index (χ1) is 29.5. The number of carbonyl (C=O) groups excluding carboxylic acids is 2. The van der Waals surface area contributed by atoms with Crippen LogP contribution in [0.2, 0.25) is 0 Å². The quantitative estimate of drug-likeness (QED) is 0.0766. The van der Waals surface area contributed by atoms with E-state index in [0.717, 1.165) is 5.56 Å². The smallest absolute Gasteiger partial charge is 0.417 e. The second kappa shape index (κ2) is 22.4. The van der Waals surface area contributed by atoms with Crippen LogP contribution in [0.5, 0.6) is 17.2 Å². The monoisotopic (exact) mass is 904 g/mol. The van der Waals surface area contributed by atoms with E-state index >= 15 is 0 Å². The molecule has 7 atom stereocenters. The number of esters is 1. The highest BCUT2D eigenvalue weighted by molar-refractivity contribution is 7.89. The van der Waals surface area contributed by atoms with Gasteiger partial charge in [0.1, 0.15) is 23.4 Å². The molecule has 3 aromatic rings. The van der Waals surface area contributed by atoms with E-state index in [4.69, 9.17) is 37.5 Å². The van der Waals surface area contributed by atoms with Gasteiger partial charge in [0.05, 0.1) is 49.9 Å². The first-order valence-corrected chi connectivity index (χ1v) is 24.1. The number of aliphatic hydroxyl groups is 1. The maximum absolute atomic E-state index is 14.3. The van der Waals surface area contributed by atoms with Crippen molar-refractivity contribution in [3.63, 3.8) is 0 Å². The molecule has 16 nitrogen and oxygen atoms in total. The van der Waals surface area contributed by atoms with Crippen LogP contribution in [-0.2, 0) is 55.7 Å². The lowest BCUT2D eigenvalue weighted by atomic mass is 10.0. The lowest BCUT2D eigenvalue weighted by Gasteiger charge is -2.31. The number of amides is 1. The Morgan fingerprint density at radius 1 is 0.919 bits per heavy atom. The maximum atomic E-state index is 14.3. The Hall–Kier alpha value is -4.22. The van der Waals surface area contributed by atoms with E-state index in [1.807, 2.05) is 26.0 Å². The molecule has 0 bridgehead atoms. The zero-order valence-electron chi connectivity index (χ0n) is 36.5. The minimum Gasteiger partial charge on any atom is -0.497 e. The summed E-state index contributed by atoms with van der Waals surface area (Å²) in [7, 11) is -6.76. The Morgan fingerprint density at radius 3 is 2.27 bits per heavy atom. The first-order valence-electron chi connectivity index (χ1n) is 21.0. The van der Waals surface area contributed by atoms with E-state index in [1.54, 1.807) is 55.5 Å². The first kappa shape index (κ1) is 48.8. The number of aliphatic hydroxyl groups excluding tert-OH is 1. The zero-order chi connectivity index (χ0) is 45.0. The summed E-state index contributed by atoms with van der Waals surface area (Å²) in [4.78, 5) is 26.0. The second-order valence-corrected chi connectivity index (χ2v) is 20.0. The van der Waals surface area contributed by atoms with Gasteiger partial charge in [0, 0.05) is 13.1 Å². The molecule has 2 heterocycles. The van der Waals surface area contributed by atoms with E-state index in [9.17, 15) is 27.7 Å².